The molecule has 1 aromatic carbocycles. The van der Waals surface area contributed by atoms with E-state index in [1.165, 1.54) is 25.7 Å². The van der Waals surface area contributed by atoms with E-state index in [2.05, 4.69) is 0 Å². The molecular weight excluding hydrogens is 200 g/mol. The molecule has 0 radical (unpaired) electrons. The van der Waals surface area contributed by atoms with Crippen molar-refractivity contribution in [1.82, 2.24) is 0 Å². The highest BCUT2D eigenvalue weighted by Gasteiger charge is 2.55. The maximum absolute atomic E-state index is 11.9. The highest BCUT2D eigenvalue weighted by atomic mass is 16.5. The minimum absolute atomic E-state index is 0.0110. The highest BCUT2D eigenvalue weighted by molar-refractivity contribution is 5.78. The second-order valence-corrected chi connectivity index (χ2v) is 4.87. The van der Waals surface area contributed by atoms with Gasteiger partial charge in [0, 0.05) is 0 Å². The van der Waals surface area contributed by atoms with Crippen molar-refractivity contribution in [2.24, 2.45) is 17.8 Å². The van der Waals surface area contributed by atoms with Crippen LogP contribution in [-0.4, -0.2) is 5.97 Å². The van der Waals surface area contributed by atoms with Gasteiger partial charge in [0.05, 0.1) is 5.92 Å². The lowest BCUT2D eigenvalue weighted by Crippen LogP contribution is -2.12. The lowest BCUT2D eigenvalue weighted by atomic mass is 10.0. The Labute approximate surface area is 95.6 Å². The molecule has 0 aliphatic heterocycles. The zero-order valence-electron chi connectivity index (χ0n) is 9.26. The van der Waals surface area contributed by atoms with Crippen LogP contribution in [0.3, 0.4) is 0 Å². The quantitative estimate of drug-likeness (QED) is 0.561. The smallest absolute Gasteiger partial charge is 0.314 e. The molecule has 2 aliphatic rings. The predicted octanol–water partition coefficient (Wildman–Crippen LogP) is 3.03. The summed E-state index contributed by atoms with van der Waals surface area (Å²) in [6.45, 7) is 0. The number of fused-ring (bicyclic) bond motifs is 1. The summed E-state index contributed by atoms with van der Waals surface area (Å²) in [5.74, 6) is 2.12. The summed E-state index contributed by atoms with van der Waals surface area (Å²) in [6, 6.07) is 9.38. The summed E-state index contributed by atoms with van der Waals surface area (Å²) < 4.78 is 5.39. The van der Waals surface area contributed by atoms with Crippen molar-refractivity contribution in [3.63, 3.8) is 0 Å². The normalized spacial score (nSPS) is 31.6. The second-order valence-electron chi connectivity index (χ2n) is 4.87. The first kappa shape index (κ1) is 9.88. The van der Waals surface area contributed by atoms with E-state index in [1.807, 2.05) is 30.3 Å². The maximum Gasteiger partial charge on any atom is 0.314 e. The Balaban J connectivity index is 1.63. The first-order valence-electron chi connectivity index (χ1n) is 6.13. The molecule has 2 fully saturated rings. The first-order valence-corrected chi connectivity index (χ1v) is 6.13. The van der Waals surface area contributed by atoms with Crippen LogP contribution >= 0.6 is 0 Å². The number of hydrogen-bond acceptors (Lipinski definition) is 2. The van der Waals surface area contributed by atoms with E-state index in [9.17, 15) is 4.79 Å². The van der Waals surface area contributed by atoms with Crippen LogP contribution in [0.5, 0.6) is 5.75 Å². The van der Waals surface area contributed by atoms with Crippen LogP contribution in [-0.2, 0) is 4.79 Å². The van der Waals surface area contributed by atoms with Crippen LogP contribution in [0.4, 0.5) is 0 Å². The van der Waals surface area contributed by atoms with E-state index in [0.29, 0.717) is 17.6 Å². The summed E-state index contributed by atoms with van der Waals surface area (Å²) in [5, 5.41) is 0. The number of carbonyl (C=O) groups excluding carboxylic acids is 1. The van der Waals surface area contributed by atoms with Gasteiger partial charge in [0.15, 0.2) is 0 Å². The molecule has 0 aromatic heterocycles. The SMILES string of the molecule is O=C(Oc1ccccc1)C1[C@@H]2CCCC[C@@H]12. The van der Waals surface area contributed by atoms with Crippen LogP contribution in [0, 0.1) is 17.8 Å². The van der Waals surface area contributed by atoms with Crippen molar-refractivity contribution < 1.29 is 9.53 Å². The van der Waals surface area contributed by atoms with Gasteiger partial charge < -0.3 is 4.74 Å². The van der Waals surface area contributed by atoms with Crippen LogP contribution in [0.2, 0.25) is 0 Å². The predicted molar refractivity (Wildman–Crippen MR) is 61.0 cm³/mol. The largest absolute Gasteiger partial charge is 0.426 e. The molecule has 0 amide bonds. The number of rotatable bonds is 2. The first-order chi connectivity index (χ1) is 7.86. The van der Waals surface area contributed by atoms with Gasteiger partial charge >= 0.3 is 5.97 Å². The third-order valence-electron chi connectivity index (χ3n) is 3.89. The van der Waals surface area contributed by atoms with E-state index in [-0.39, 0.29) is 11.9 Å². The molecule has 0 saturated heterocycles. The average molecular weight is 216 g/mol. The fourth-order valence-corrected chi connectivity index (χ4v) is 3.01. The fourth-order valence-electron chi connectivity index (χ4n) is 3.01. The van der Waals surface area contributed by atoms with Crippen molar-refractivity contribution in [2.45, 2.75) is 25.7 Å². The average Bonchev–Trinajstić information content (AvgIpc) is 3.04. The number of para-hydroxylation sites is 1. The van der Waals surface area contributed by atoms with E-state index >= 15 is 0 Å². The molecule has 16 heavy (non-hydrogen) atoms. The summed E-state index contributed by atoms with van der Waals surface area (Å²) >= 11 is 0. The Hall–Kier alpha value is -1.31. The van der Waals surface area contributed by atoms with Gasteiger partial charge in [0.25, 0.3) is 0 Å². The summed E-state index contributed by atoms with van der Waals surface area (Å²) in [7, 11) is 0. The Morgan fingerprint density at radius 3 is 2.31 bits per heavy atom. The zero-order valence-corrected chi connectivity index (χ0v) is 9.26. The molecule has 2 atom stereocenters. The van der Waals surface area contributed by atoms with E-state index < -0.39 is 0 Å². The van der Waals surface area contributed by atoms with Gasteiger partial charge in [-0.2, -0.15) is 0 Å². The van der Waals surface area contributed by atoms with Gasteiger partial charge in [-0.25, -0.2) is 0 Å². The Morgan fingerprint density at radius 1 is 1.06 bits per heavy atom. The summed E-state index contributed by atoms with van der Waals surface area (Å²) in [5.41, 5.74) is 0. The van der Waals surface area contributed by atoms with Gasteiger partial charge in [-0.15, -0.1) is 0 Å². The van der Waals surface area contributed by atoms with Gasteiger partial charge in [-0.05, 0) is 36.8 Å². The molecule has 84 valence electrons. The number of carbonyl (C=O) groups is 1. The Kier molecular flexibility index (Phi) is 2.43. The molecule has 0 heterocycles. The van der Waals surface area contributed by atoms with Gasteiger partial charge in [0.1, 0.15) is 5.75 Å². The minimum Gasteiger partial charge on any atom is -0.426 e. The summed E-state index contributed by atoms with van der Waals surface area (Å²) in [4.78, 5) is 11.9. The summed E-state index contributed by atoms with van der Waals surface area (Å²) in [6.07, 6.45) is 5.02. The van der Waals surface area contributed by atoms with Crippen molar-refractivity contribution in [2.75, 3.05) is 0 Å². The molecule has 1 aromatic rings. The molecule has 2 nitrogen and oxygen atoms in total. The van der Waals surface area contributed by atoms with Crippen LogP contribution in [0.15, 0.2) is 30.3 Å². The second kappa shape index (κ2) is 3.93. The topological polar surface area (TPSA) is 26.3 Å². The number of ether oxygens (including phenoxy) is 1. The molecule has 2 saturated carbocycles. The molecule has 0 N–H and O–H groups in total. The zero-order chi connectivity index (χ0) is 11.0. The monoisotopic (exact) mass is 216 g/mol. The highest BCUT2D eigenvalue weighted by Crippen LogP contribution is 2.55. The minimum atomic E-state index is -0.0110. The van der Waals surface area contributed by atoms with Crippen molar-refractivity contribution in [1.29, 1.82) is 0 Å². The van der Waals surface area contributed by atoms with Crippen LogP contribution < -0.4 is 4.74 Å². The number of benzene rings is 1. The van der Waals surface area contributed by atoms with E-state index in [4.69, 9.17) is 4.74 Å². The molecule has 0 unspecified atom stereocenters. The Morgan fingerprint density at radius 2 is 1.69 bits per heavy atom. The standard InChI is InChI=1S/C14H16O2/c15-14(16-10-6-2-1-3-7-10)13-11-8-4-5-9-12(11)13/h1-3,6-7,11-13H,4-5,8-9H2/t11-,12-/m1/s1. The van der Waals surface area contributed by atoms with Gasteiger partial charge in [0.2, 0.25) is 0 Å². The van der Waals surface area contributed by atoms with E-state index in [1.54, 1.807) is 0 Å². The van der Waals surface area contributed by atoms with Crippen molar-refractivity contribution in [3.8, 4) is 5.75 Å². The van der Waals surface area contributed by atoms with Crippen LogP contribution in [0.1, 0.15) is 25.7 Å². The molecular formula is C14H16O2. The van der Waals surface area contributed by atoms with Crippen molar-refractivity contribution >= 4 is 5.97 Å². The maximum atomic E-state index is 11.9. The third kappa shape index (κ3) is 1.73. The molecule has 0 spiro atoms. The molecule has 2 aliphatic carbocycles. The van der Waals surface area contributed by atoms with Crippen molar-refractivity contribution in [3.05, 3.63) is 30.3 Å². The fraction of sp³-hybridized carbons (Fsp3) is 0.500. The molecule has 3 rings (SSSR count). The lowest BCUT2D eigenvalue weighted by Gasteiger charge is -2.04. The van der Waals surface area contributed by atoms with E-state index in [0.717, 1.165) is 0 Å². The molecule has 2 heteroatoms. The number of hydrogen-bond donors (Lipinski definition) is 0. The Bertz CT molecular complexity index is 373. The van der Waals surface area contributed by atoms with Gasteiger partial charge in [-0.3, -0.25) is 4.79 Å². The lowest BCUT2D eigenvalue weighted by molar-refractivity contribution is -0.136. The third-order valence-corrected chi connectivity index (χ3v) is 3.89. The molecule has 0 bridgehead atoms. The van der Waals surface area contributed by atoms with Gasteiger partial charge in [-0.1, -0.05) is 31.0 Å². The van der Waals surface area contributed by atoms with Crippen LogP contribution in [0.25, 0.3) is 0 Å². The number of esters is 1.